The number of hydrogen-bond acceptors (Lipinski definition) is 8. The van der Waals surface area contributed by atoms with E-state index in [-0.39, 0.29) is 58.7 Å². The maximum Gasteiger partial charge on any atom is 1.00 e. The molecule has 0 aromatic heterocycles. The standard InChI is InChI=1S/C22H37F2NO4Si.C14H21BrF2OSi.C8H15NO3.C4H9.Li/c1-20(2,3)29-19(27)25(7)14-18(26)16-12-10-11-13-17(16)22(23,24)15-28-30(8,9)21(4,5)6;1-13(2,3)19(4,5)18-10-14(16,17)11-8-6-7-9-12(11)15;1-8(2,3)12-7(11)9(4)5-6-10;1-3-4-2;/h10-13,18,26H,14-15H2,1-9H3;6-9H,10H2,1-5H3;6H,5H2,1-4H3;1,3-4H2,2H3;/q;;;-1;+1. The molecule has 18 heteroatoms. The molecule has 1 atom stereocenters. The first kappa shape index (κ1) is 68.0. The molecule has 0 aliphatic heterocycles. The summed E-state index contributed by atoms with van der Waals surface area (Å²) in [6.45, 7) is 34.7. The second-order valence-electron chi connectivity index (χ2n) is 20.8. The molecule has 2 aromatic carbocycles. The quantitative estimate of drug-likeness (QED) is 0.0861. The molecule has 0 bridgehead atoms. The van der Waals surface area contributed by atoms with E-state index in [9.17, 15) is 28.3 Å². The summed E-state index contributed by atoms with van der Waals surface area (Å²) in [5.74, 6) is -6.26. The van der Waals surface area contributed by atoms with Crippen LogP contribution in [0.15, 0.2) is 53.0 Å². The van der Waals surface area contributed by atoms with Crippen LogP contribution in [0.1, 0.15) is 126 Å². The van der Waals surface area contributed by atoms with E-state index in [4.69, 9.17) is 18.3 Å². The fourth-order valence-corrected chi connectivity index (χ4v) is 6.83. The second-order valence-corrected chi connectivity index (χ2v) is 31.3. The van der Waals surface area contributed by atoms with Crippen molar-refractivity contribution in [3.8, 4) is 0 Å². The number of rotatable bonds is 14. The van der Waals surface area contributed by atoms with Crippen LogP contribution >= 0.6 is 15.9 Å². The number of carbonyl (C=O) groups excluding carboxylic acids is 3. The van der Waals surface area contributed by atoms with Crippen LogP contribution in [-0.2, 0) is 35.0 Å². The molecule has 2 rings (SSSR count). The smallest absolute Gasteiger partial charge is 0.444 e. The van der Waals surface area contributed by atoms with Gasteiger partial charge in [0.15, 0.2) is 16.6 Å². The first-order chi connectivity index (χ1) is 29.1. The third kappa shape index (κ3) is 25.9. The molecule has 10 nitrogen and oxygen atoms in total. The summed E-state index contributed by atoms with van der Waals surface area (Å²) in [6.07, 6.45) is 0.531. The molecular formula is C48H82BrF4LiN2O8Si2. The molecule has 0 saturated carbocycles. The van der Waals surface area contributed by atoms with Crippen LogP contribution in [0, 0.1) is 6.92 Å². The molecule has 0 fully saturated rings. The molecule has 66 heavy (non-hydrogen) atoms. The van der Waals surface area contributed by atoms with Gasteiger partial charge in [-0.3, -0.25) is 0 Å². The predicted octanol–water partition coefficient (Wildman–Crippen LogP) is 10.9. The van der Waals surface area contributed by atoms with Gasteiger partial charge >= 0.3 is 31.0 Å². The molecule has 0 saturated heterocycles. The number of nitrogens with zero attached hydrogens (tertiary/aromatic N) is 2. The van der Waals surface area contributed by atoms with E-state index in [1.165, 1.54) is 54.6 Å². The van der Waals surface area contributed by atoms with E-state index in [0.717, 1.165) is 6.42 Å². The first-order valence-electron chi connectivity index (χ1n) is 21.8. The van der Waals surface area contributed by atoms with Gasteiger partial charge in [-0.05, 0) is 89.4 Å². The number of likely N-dealkylation sites (N-methyl/N-ethyl adjacent to an activating group) is 2. The molecule has 0 radical (unpaired) electrons. The van der Waals surface area contributed by atoms with Gasteiger partial charge in [-0.15, -0.1) is 0 Å². The SMILES string of the molecule is CC(C)(C)[Si](C)(C)OCC(F)(F)c1ccccc1Br.CN(CC(O)c1ccccc1C(F)(F)CO[Si](C)(C)C(C)(C)C)C(=O)OC(C)(C)C.CN(CC=O)C(=O)OC(C)(C)C.[CH2-]CCC.[Li+]. The number of carbonyl (C=O) groups is 3. The summed E-state index contributed by atoms with van der Waals surface area (Å²) in [5, 5.41) is 10.4. The Balaban J connectivity index is -0.000000938. The first-order valence-corrected chi connectivity index (χ1v) is 28.4. The number of ether oxygens (including phenoxy) is 2. The molecule has 0 heterocycles. The van der Waals surface area contributed by atoms with Crippen LogP contribution in [0.3, 0.4) is 0 Å². The minimum Gasteiger partial charge on any atom is -0.444 e. The number of halogens is 5. The summed E-state index contributed by atoms with van der Waals surface area (Å²) >= 11 is 3.17. The van der Waals surface area contributed by atoms with Crippen molar-refractivity contribution in [1.29, 1.82) is 0 Å². The van der Waals surface area contributed by atoms with Crippen molar-refractivity contribution in [3.63, 3.8) is 0 Å². The van der Waals surface area contributed by atoms with Crippen molar-refractivity contribution in [1.82, 2.24) is 9.80 Å². The second kappa shape index (κ2) is 28.4. The van der Waals surface area contributed by atoms with Gasteiger partial charge in [0.25, 0.3) is 11.8 Å². The Morgan fingerprint density at radius 2 is 1.06 bits per heavy atom. The summed E-state index contributed by atoms with van der Waals surface area (Å²) in [4.78, 5) is 35.7. The number of aliphatic hydroxyl groups excluding tert-OH is 1. The van der Waals surface area contributed by atoms with Gasteiger partial charge in [0, 0.05) is 29.7 Å². The molecular weight excluding hydrogens is 952 g/mol. The van der Waals surface area contributed by atoms with Crippen LogP contribution in [-0.4, -0.2) is 102 Å². The number of alkyl halides is 4. The van der Waals surface area contributed by atoms with Crippen molar-refractivity contribution in [2.45, 2.75) is 168 Å². The number of benzene rings is 2. The van der Waals surface area contributed by atoms with E-state index < -0.39 is 71.2 Å². The predicted molar refractivity (Wildman–Crippen MR) is 264 cm³/mol. The van der Waals surface area contributed by atoms with Crippen molar-refractivity contribution >= 4 is 51.0 Å². The topological polar surface area (TPSA) is 115 Å². The average Bonchev–Trinajstić information content (AvgIpc) is 3.15. The number of aldehydes is 1. The fraction of sp³-hybridized carbons (Fsp3) is 0.667. The summed E-state index contributed by atoms with van der Waals surface area (Å²) in [5.41, 5.74) is -1.45. The van der Waals surface area contributed by atoms with Crippen molar-refractivity contribution in [3.05, 3.63) is 76.6 Å². The van der Waals surface area contributed by atoms with E-state index in [1.807, 2.05) is 67.7 Å². The van der Waals surface area contributed by atoms with E-state index in [0.29, 0.717) is 10.8 Å². The van der Waals surface area contributed by atoms with Gasteiger partial charge in [0.1, 0.15) is 30.7 Å². The van der Waals surface area contributed by atoms with Crippen LogP contribution < -0.4 is 18.9 Å². The number of aliphatic hydroxyl groups is 1. The summed E-state index contributed by atoms with van der Waals surface area (Å²) in [7, 11) is -1.56. The molecule has 0 aliphatic rings. The zero-order chi connectivity index (χ0) is 51.6. The van der Waals surface area contributed by atoms with Gasteiger partial charge in [-0.25, -0.2) is 9.59 Å². The third-order valence-corrected chi connectivity index (χ3v) is 20.0. The van der Waals surface area contributed by atoms with Crippen molar-refractivity contribution < 1.29 is 74.2 Å². The van der Waals surface area contributed by atoms with Gasteiger partial charge in [0.2, 0.25) is 0 Å². The molecule has 0 spiro atoms. The zero-order valence-electron chi connectivity index (χ0n) is 43.8. The molecule has 1 unspecified atom stereocenters. The minimum atomic E-state index is -3.28. The Hall–Kier alpha value is -2.24. The van der Waals surface area contributed by atoms with Gasteiger partial charge in [-0.1, -0.05) is 113 Å². The Bertz CT molecular complexity index is 1750. The summed E-state index contributed by atoms with van der Waals surface area (Å²) in [6, 6.07) is 12.2. The average molecular weight is 1030 g/mol. The van der Waals surface area contributed by atoms with Crippen LogP contribution in [0.5, 0.6) is 0 Å². The Kier molecular flexibility index (Phi) is 29.3. The number of amides is 2. The maximum absolute atomic E-state index is 15.1. The van der Waals surface area contributed by atoms with Gasteiger partial charge in [0.05, 0.1) is 19.2 Å². The monoisotopic (exact) mass is 1030 g/mol. The van der Waals surface area contributed by atoms with E-state index in [2.05, 4.69) is 29.8 Å². The zero-order valence-corrected chi connectivity index (χ0v) is 47.4. The fourth-order valence-electron chi connectivity index (χ4n) is 4.31. The Morgan fingerprint density at radius 3 is 1.41 bits per heavy atom. The minimum absolute atomic E-state index is 0. The normalized spacial score (nSPS) is 12.9. The summed E-state index contributed by atoms with van der Waals surface area (Å²) < 4.78 is 80.6. The third-order valence-electron chi connectivity index (χ3n) is 10.4. The maximum atomic E-state index is 15.1. The van der Waals surface area contributed by atoms with Crippen LogP contribution in [0.25, 0.3) is 0 Å². The van der Waals surface area contributed by atoms with Crippen LogP contribution in [0.4, 0.5) is 27.2 Å². The molecule has 376 valence electrons. The van der Waals surface area contributed by atoms with Gasteiger partial charge in [-0.2, -0.15) is 24.0 Å². The molecule has 0 aliphatic carbocycles. The van der Waals surface area contributed by atoms with Crippen LogP contribution in [0.2, 0.25) is 36.3 Å². The Labute approximate surface area is 418 Å². The van der Waals surface area contributed by atoms with Crippen molar-refractivity contribution in [2.75, 3.05) is 40.4 Å². The van der Waals surface area contributed by atoms with Crippen molar-refractivity contribution in [2.24, 2.45) is 0 Å². The molecule has 1 N–H and O–H groups in total. The van der Waals surface area contributed by atoms with E-state index >= 15 is 8.78 Å². The number of unbranched alkanes of at least 4 members (excludes halogenated alkanes) is 1. The van der Waals surface area contributed by atoms with E-state index in [1.54, 1.807) is 65.8 Å². The van der Waals surface area contributed by atoms with Gasteiger partial charge < -0.3 is 45.0 Å². The Morgan fingerprint density at radius 1 is 0.712 bits per heavy atom. The molecule has 2 amide bonds. The largest absolute Gasteiger partial charge is 1.00 e. The number of hydrogen-bond donors (Lipinski definition) is 1. The molecule has 2 aromatic rings.